The number of nitrogen functional groups attached to an aromatic ring is 1. The monoisotopic (exact) mass is 373 g/mol. The van der Waals surface area contributed by atoms with Crippen molar-refractivity contribution in [3.63, 3.8) is 0 Å². The number of benzene rings is 1. The maximum absolute atomic E-state index is 14.5. The SMILES string of the molecule is C=CCCCOc1cccc(CNC(=O)c2ccc(COC)nc2N)c1F. The van der Waals surface area contributed by atoms with Crippen molar-refractivity contribution in [3.8, 4) is 5.75 Å². The number of carbonyl (C=O) groups is 1. The van der Waals surface area contributed by atoms with Gasteiger partial charge in [-0.2, -0.15) is 0 Å². The molecule has 0 bridgehead atoms. The van der Waals surface area contributed by atoms with Gasteiger partial charge in [0.05, 0.1) is 24.5 Å². The van der Waals surface area contributed by atoms with Crippen molar-refractivity contribution in [3.05, 3.63) is 65.6 Å². The highest BCUT2D eigenvalue weighted by Crippen LogP contribution is 2.21. The molecule has 0 aliphatic heterocycles. The molecular formula is C20H24FN3O3. The number of pyridine rings is 1. The van der Waals surface area contributed by atoms with E-state index >= 15 is 0 Å². The number of nitrogens with zero attached hydrogens (tertiary/aromatic N) is 1. The number of methoxy groups -OCH3 is 1. The van der Waals surface area contributed by atoms with Crippen molar-refractivity contribution in [2.75, 3.05) is 19.5 Å². The van der Waals surface area contributed by atoms with Crippen molar-refractivity contribution in [2.24, 2.45) is 0 Å². The number of allylic oxidation sites excluding steroid dienone is 1. The van der Waals surface area contributed by atoms with E-state index in [1.54, 1.807) is 43.5 Å². The van der Waals surface area contributed by atoms with E-state index in [0.717, 1.165) is 12.8 Å². The maximum Gasteiger partial charge on any atom is 0.255 e. The fourth-order valence-electron chi connectivity index (χ4n) is 2.42. The predicted octanol–water partition coefficient (Wildman–Crippen LogP) is 3.22. The number of nitrogens with two attached hydrogens (primary N) is 1. The van der Waals surface area contributed by atoms with Crippen molar-refractivity contribution < 1.29 is 18.7 Å². The van der Waals surface area contributed by atoms with Crippen LogP contribution in [0.25, 0.3) is 0 Å². The van der Waals surface area contributed by atoms with E-state index in [1.165, 1.54) is 0 Å². The van der Waals surface area contributed by atoms with Crippen molar-refractivity contribution in [1.29, 1.82) is 0 Å². The molecule has 6 nitrogen and oxygen atoms in total. The minimum absolute atomic E-state index is 0.00773. The quantitative estimate of drug-likeness (QED) is 0.493. The summed E-state index contributed by atoms with van der Waals surface area (Å²) in [7, 11) is 1.55. The zero-order chi connectivity index (χ0) is 19.6. The molecule has 0 radical (unpaired) electrons. The number of halogens is 1. The van der Waals surface area contributed by atoms with Gasteiger partial charge in [-0.05, 0) is 31.0 Å². The molecular weight excluding hydrogens is 349 g/mol. The van der Waals surface area contributed by atoms with Gasteiger partial charge < -0.3 is 20.5 Å². The number of ether oxygens (including phenoxy) is 2. The first-order chi connectivity index (χ1) is 13.1. The summed E-state index contributed by atoms with van der Waals surface area (Å²) in [6.07, 6.45) is 3.35. The number of anilines is 1. The lowest BCUT2D eigenvalue weighted by molar-refractivity contribution is 0.0951. The minimum Gasteiger partial charge on any atom is -0.490 e. The van der Waals surface area contributed by atoms with E-state index < -0.39 is 11.7 Å². The maximum atomic E-state index is 14.5. The first-order valence-corrected chi connectivity index (χ1v) is 8.60. The lowest BCUT2D eigenvalue weighted by Gasteiger charge is -2.12. The second kappa shape index (κ2) is 10.3. The molecule has 0 atom stereocenters. The smallest absolute Gasteiger partial charge is 0.255 e. The summed E-state index contributed by atoms with van der Waals surface area (Å²) in [6, 6.07) is 8.07. The van der Waals surface area contributed by atoms with Gasteiger partial charge in [0.1, 0.15) is 5.82 Å². The Morgan fingerprint density at radius 3 is 2.89 bits per heavy atom. The highest BCUT2D eigenvalue weighted by atomic mass is 19.1. The van der Waals surface area contributed by atoms with Crippen LogP contribution in [0.15, 0.2) is 43.0 Å². The van der Waals surface area contributed by atoms with Crippen LogP contribution in [-0.4, -0.2) is 24.6 Å². The Morgan fingerprint density at radius 2 is 2.19 bits per heavy atom. The molecule has 0 fully saturated rings. The Morgan fingerprint density at radius 1 is 1.37 bits per heavy atom. The number of unbranched alkanes of at least 4 members (excludes halogenated alkanes) is 1. The predicted molar refractivity (Wildman–Crippen MR) is 102 cm³/mol. The fourth-order valence-corrected chi connectivity index (χ4v) is 2.42. The molecule has 1 amide bonds. The molecule has 1 heterocycles. The van der Waals surface area contributed by atoms with Crippen LogP contribution in [0, 0.1) is 5.82 Å². The summed E-state index contributed by atoms with van der Waals surface area (Å²) in [5, 5.41) is 2.65. The first-order valence-electron chi connectivity index (χ1n) is 8.60. The molecule has 0 saturated heterocycles. The number of hydrogen-bond donors (Lipinski definition) is 2. The summed E-state index contributed by atoms with van der Waals surface area (Å²) in [4.78, 5) is 16.4. The molecule has 3 N–H and O–H groups in total. The molecule has 0 saturated carbocycles. The molecule has 2 rings (SSSR count). The average molecular weight is 373 g/mol. The molecule has 27 heavy (non-hydrogen) atoms. The standard InChI is InChI=1S/C20H24FN3O3/c1-3-4-5-11-27-17-8-6-7-14(18(17)21)12-23-20(25)16-10-9-15(13-26-2)24-19(16)22/h3,6-10H,1,4-5,11-13H2,2H3,(H2,22,24)(H,23,25). The summed E-state index contributed by atoms with van der Waals surface area (Å²) in [5.41, 5.74) is 7.01. The molecule has 7 heteroatoms. The summed E-state index contributed by atoms with van der Waals surface area (Å²) in [6.45, 7) is 4.34. The molecule has 0 aliphatic rings. The summed E-state index contributed by atoms with van der Waals surface area (Å²) in [5.74, 6) is -0.656. The third kappa shape index (κ3) is 5.79. The number of rotatable bonds is 10. The normalized spacial score (nSPS) is 10.4. The van der Waals surface area contributed by atoms with Gasteiger partial charge in [0.25, 0.3) is 5.91 Å². The van der Waals surface area contributed by atoms with E-state index in [4.69, 9.17) is 15.2 Å². The highest BCUT2D eigenvalue weighted by molar-refractivity contribution is 5.98. The van der Waals surface area contributed by atoms with Crippen LogP contribution in [-0.2, 0) is 17.9 Å². The van der Waals surface area contributed by atoms with E-state index in [0.29, 0.717) is 24.5 Å². The van der Waals surface area contributed by atoms with Crippen molar-refractivity contribution in [1.82, 2.24) is 10.3 Å². The molecule has 1 aromatic carbocycles. The van der Waals surface area contributed by atoms with Crippen LogP contribution >= 0.6 is 0 Å². The lowest BCUT2D eigenvalue weighted by atomic mass is 10.1. The third-order valence-corrected chi connectivity index (χ3v) is 3.81. The van der Waals surface area contributed by atoms with Gasteiger partial charge in [-0.3, -0.25) is 4.79 Å². The second-order valence-electron chi connectivity index (χ2n) is 5.86. The van der Waals surface area contributed by atoms with Crippen LogP contribution in [0.5, 0.6) is 5.75 Å². The number of carbonyl (C=O) groups excluding carboxylic acids is 1. The van der Waals surface area contributed by atoms with Gasteiger partial charge in [-0.15, -0.1) is 6.58 Å². The highest BCUT2D eigenvalue weighted by Gasteiger charge is 2.14. The van der Waals surface area contributed by atoms with E-state index in [-0.39, 0.29) is 23.7 Å². The van der Waals surface area contributed by atoms with Gasteiger partial charge in [0.15, 0.2) is 11.6 Å². The van der Waals surface area contributed by atoms with Gasteiger partial charge in [-0.25, -0.2) is 9.37 Å². The number of hydrogen-bond acceptors (Lipinski definition) is 5. The molecule has 2 aromatic rings. The lowest BCUT2D eigenvalue weighted by Crippen LogP contribution is -2.25. The van der Waals surface area contributed by atoms with Crippen LogP contribution in [0.1, 0.15) is 34.5 Å². The Labute approximate surface area is 158 Å². The van der Waals surface area contributed by atoms with Gasteiger partial charge in [0, 0.05) is 19.2 Å². The topological polar surface area (TPSA) is 86.5 Å². The summed E-state index contributed by atoms with van der Waals surface area (Å²) < 4.78 is 24.9. The number of amides is 1. The van der Waals surface area contributed by atoms with E-state index in [9.17, 15) is 9.18 Å². The van der Waals surface area contributed by atoms with Gasteiger partial charge >= 0.3 is 0 Å². The van der Waals surface area contributed by atoms with E-state index in [2.05, 4.69) is 16.9 Å². The average Bonchev–Trinajstić information content (AvgIpc) is 2.65. The Bertz CT molecular complexity index is 796. The van der Waals surface area contributed by atoms with Gasteiger partial charge in [0.2, 0.25) is 0 Å². The Balaban J connectivity index is 1.99. The number of nitrogens with one attached hydrogen (secondary N) is 1. The van der Waals surface area contributed by atoms with Crippen molar-refractivity contribution >= 4 is 11.7 Å². The number of aromatic nitrogens is 1. The molecule has 0 spiro atoms. The second-order valence-corrected chi connectivity index (χ2v) is 5.86. The first kappa shape index (κ1) is 20.4. The van der Waals surface area contributed by atoms with Crippen molar-refractivity contribution in [2.45, 2.75) is 26.0 Å². The van der Waals surface area contributed by atoms with Crippen LogP contribution in [0.3, 0.4) is 0 Å². The van der Waals surface area contributed by atoms with Gasteiger partial charge in [-0.1, -0.05) is 18.2 Å². The van der Waals surface area contributed by atoms with Crippen LogP contribution < -0.4 is 15.8 Å². The fraction of sp³-hybridized carbons (Fsp3) is 0.300. The van der Waals surface area contributed by atoms with Crippen LogP contribution in [0.2, 0.25) is 0 Å². The Kier molecular flexibility index (Phi) is 7.76. The molecule has 0 unspecified atom stereocenters. The zero-order valence-electron chi connectivity index (χ0n) is 15.3. The largest absolute Gasteiger partial charge is 0.490 e. The molecule has 0 aliphatic carbocycles. The summed E-state index contributed by atoms with van der Waals surface area (Å²) >= 11 is 0. The van der Waals surface area contributed by atoms with Crippen LogP contribution in [0.4, 0.5) is 10.2 Å². The van der Waals surface area contributed by atoms with E-state index in [1.807, 2.05) is 0 Å². The molecule has 1 aromatic heterocycles. The third-order valence-electron chi connectivity index (χ3n) is 3.81. The molecule has 144 valence electrons. The minimum atomic E-state index is -0.488. The zero-order valence-corrected chi connectivity index (χ0v) is 15.3. The Hall–Kier alpha value is -2.93.